The molecule has 0 aliphatic carbocycles. The van der Waals surface area contributed by atoms with E-state index in [1.54, 1.807) is 0 Å². The number of rotatable bonds is 5. The highest BCUT2D eigenvalue weighted by Crippen LogP contribution is 2.33. The third kappa shape index (κ3) is 6.02. The fraction of sp³-hybridized carbons (Fsp3) is 0.500. The minimum atomic E-state index is -4.42. The van der Waals surface area contributed by atoms with E-state index >= 15 is 0 Å². The van der Waals surface area contributed by atoms with Crippen molar-refractivity contribution in [3.63, 3.8) is 0 Å². The van der Waals surface area contributed by atoms with Crippen molar-refractivity contribution >= 4 is 21.6 Å². The van der Waals surface area contributed by atoms with Gasteiger partial charge in [-0.3, -0.25) is 0 Å². The van der Waals surface area contributed by atoms with Gasteiger partial charge in [0.1, 0.15) is 0 Å². The molecule has 0 saturated heterocycles. The summed E-state index contributed by atoms with van der Waals surface area (Å²) in [7, 11) is 0. The van der Waals surface area contributed by atoms with Gasteiger partial charge in [0.05, 0.1) is 5.56 Å². The number of nitrogens with one attached hydrogen (secondary N) is 1. The molecule has 0 heterocycles. The van der Waals surface area contributed by atoms with Crippen LogP contribution in [0.5, 0.6) is 0 Å². The van der Waals surface area contributed by atoms with Crippen LogP contribution in [0.15, 0.2) is 22.7 Å². The molecule has 0 aromatic heterocycles. The molecule has 0 saturated carbocycles. The number of anilines is 1. The first-order valence-corrected chi connectivity index (χ1v) is 6.56. The molecule has 0 atom stereocenters. The summed E-state index contributed by atoms with van der Waals surface area (Å²) < 4.78 is 73.1. The molecule has 114 valence electrons. The summed E-state index contributed by atoms with van der Waals surface area (Å²) in [6.45, 7) is 0.264. The van der Waals surface area contributed by atoms with Crippen molar-refractivity contribution < 1.29 is 26.3 Å². The average molecular weight is 364 g/mol. The molecular weight excluding hydrogens is 352 g/mol. The predicted octanol–water partition coefficient (Wildman–Crippen LogP) is 5.61. The zero-order chi connectivity index (χ0) is 15.4. The average Bonchev–Trinajstić information content (AvgIpc) is 2.27. The summed E-state index contributed by atoms with van der Waals surface area (Å²) in [5, 5.41) is 2.80. The van der Waals surface area contributed by atoms with Crippen molar-refractivity contribution in [2.45, 2.75) is 31.6 Å². The molecule has 8 heteroatoms. The van der Waals surface area contributed by atoms with E-state index in [1.165, 1.54) is 6.07 Å². The van der Waals surface area contributed by atoms with Gasteiger partial charge in [-0.2, -0.15) is 26.3 Å². The van der Waals surface area contributed by atoms with E-state index in [0.717, 1.165) is 12.1 Å². The van der Waals surface area contributed by atoms with Crippen molar-refractivity contribution in [3.05, 3.63) is 28.2 Å². The van der Waals surface area contributed by atoms with Gasteiger partial charge in [0.25, 0.3) is 0 Å². The smallest absolute Gasteiger partial charge is 0.384 e. The summed E-state index contributed by atoms with van der Waals surface area (Å²) in [4.78, 5) is 0. The molecule has 1 rings (SSSR count). The maximum atomic E-state index is 12.4. The number of halogens is 7. The standard InChI is InChI=1S/C12H12BrF6N/c13-9-7-8(12(17,18)19)3-4-10(9)20-6-2-1-5-11(14,15)16/h3-4,7,20H,1-2,5-6H2. The van der Waals surface area contributed by atoms with E-state index in [0.29, 0.717) is 5.69 Å². The van der Waals surface area contributed by atoms with E-state index < -0.39 is 24.3 Å². The lowest BCUT2D eigenvalue weighted by Crippen LogP contribution is -2.09. The van der Waals surface area contributed by atoms with Gasteiger partial charge in [0, 0.05) is 23.1 Å². The highest BCUT2D eigenvalue weighted by atomic mass is 79.9. The normalized spacial score (nSPS) is 12.6. The summed E-state index contributed by atoms with van der Waals surface area (Å²) in [6, 6.07) is 3.09. The Bertz CT molecular complexity index is 441. The van der Waals surface area contributed by atoms with Crippen LogP contribution < -0.4 is 5.32 Å². The van der Waals surface area contributed by atoms with Gasteiger partial charge in [-0.15, -0.1) is 0 Å². The van der Waals surface area contributed by atoms with Crippen LogP contribution in [0, 0.1) is 0 Å². The SMILES string of the molecule is FC(F)(F)CCCCNc1ccc(C(F)(F)F)cc1Br. The first kappa shape index (κ1) is 17.1. The van der Waals surface area contributed by atoms with Crippen molar-refractivity contribution in [1.29, 1.82) is 0 Å². The molecule has 1 aromatic rings. The Morgan fingerprint density at radius 3 is 2.15 bits per heavy atom. The molecule has 0 fully saturated rings. The molecule has 0 radical (unpaired) electrons. The van der Waals surface area contributed by atoms with Crippen molar-refractivity contribution in [3.8, 4) is 0 Å². The molecule has 20 heavy (non-hydrogen) atoms. The van der Waals surface area contributed by atoms with Crippen LogP contribution in [0.1, 0.15) is 24.8 Å². The minimum absolute atomic E-state index is 0.0191. The van der Waals surface area contributed by atoms with Gasteiger partial charge in [-0.1, -0.05) is 0 Å². The second kappa shape index (κ2) is 6.69. The zero-order valence-corrected chi connectivity index (χ0v) is 11.8. The van der Waals surface area contributed by atoms with E-state index in [4.69, 9.17) is 0 Å². The third-order valence-corrected chi connectivity index (χ3v) is 3.15. The maximum Gasteiger partial charge on any atom is 0.416 e. The Labute approximate surface area is 120 Å². The lowest BCUT2D eigenvalue weighted by atomic mass is 10.2. The van der Waals surface area contributed by atoms with Gasteiger partial charge in [0.2, 0.25) is 0 Å². The van der Waals surface area contributed by atoms with E-state index in [2.05, 4.69) is 21.2 Å². The quantitative estimate of drug-likeness (QED) is 0.529. The second-order valence-electron chi connectivity index (χ2n) is 4.19. The molecule has 0 aliphatic heterocycles. The topological polar surface area (TPSA) is 12.0 Å². The summed E-state index contributed by atoms with van der Waals surface area (Å²) in [5.41, 5.74) is -0.364. The van der Waals surface area contributed by atoms with Gasteiger partial charge in [0.15, 0.2) is 0 Å². The van der Waals surface area contributed by atoms with Crippen molar-refractivity contribution in [1.82, 2.24) is 0 Å². The summed E-state index contributed by atoms with van der Waals surface area (Å²) in [6.07, 6.45) is -9.19. The summed E-state index contributed by atoms with van der Waals surface area (Å²) >= 11 is 3.00. The second-order valence-corrected chi connectivity index (χ2v) is 5.05. The molecule has 0 amide bonds. The first-order valence-electron chi connectivity index (χ1n) is 5.77. The van der Waals surface area contributed by atoms with Crippen LogP contribution in [-0.2, 0) is 6.18 Å². The Morgan fingerprint density at radius 2 is 1.65 bits per heavy atom. The third-order valence-electron chi connectivity index (χ3n) is 2.50. The zero-order valence-electron chi connectivity index (χ0n) is 10.2. The number of alkyl halides is 6. The van der Waals surface area contributed by atoms with E-state index in [9.17, 15) is 26.3 Å². The van der Waals surface area contributed by atoms with Gasteiger partial charge >= 0.3 is 12.4 Å². The van der Waals surface area contributed by atoms with Crippen LogP contribution in [-0.4, -0.2) is 12.7 Å². The number of unbranched alkanes of at least 4 members (excludes halogenated alkanes) is 1. The Balaban J connectivity index is 2.46. The molecule has 1 aromatic carbocycles. The van der Waals surface area contributed by atoms with Crippen LogP contribution >= 0.6 is 15.9 Å². The summed E-state index contributed by atoms with van der Waals surface area (Å²) in [5.74, 6) is 0. The molecule has 1 nitrogen and oxygen atoms in total. The molecular formula is C12H12BrF6N. The maximum absolute atomic E-state index is 12.4. The van der Waals surface area contributed by atoms with Crippen LogP contribution in [0.3, 0.4) is 0 Å². The Kier molecular flexibility index (Phi) is 5.73. The predicted molar refractivity (Wildman–Crippen MR) is 67.5 cm³/mol. The lowest BCUT2D eigenvalue weighted by Gasteiger charge is -2.12. The highest BCUT2D eigenvalue weighted by Gasteiger charge is 2.30. The lowest BCUT2D eigenvalue weighted by molar-refractivity contribution is -0.137. The minimum Gasteiger partial charge on any atom is -0.384 e. The Morgan fingerprint density at radius 1 is 1.00 bits per heavy atom. The van der Waals surface area contributed by atoms with Crippen molar-refractivity contribution in [2.75, 3.05) is 11.9 Å². The van der Waals surface area contributed by atoms with E-state index in [-0.39, 0.29) is 23.9 Å². The molecule has 0 bridgehead atoms. The van der Waals surface area contributed by atoms with Crippen LogP contribution in [0.4, 0.5) is 32.0 Å². The number of hydrogen-bond acceptors (Lipinski definition) is 1. The fourth-order valence-corrected chi connectivity index (χ4v) is 2.03. The van der Waals surface area contributed by atoms with E-state index in [1.807, 2.05) is 0 Å². The molecule has 0 aliphatic rings. The van der Waals surface area contributed by atoms with Gasteiger partial charge in [-0.05, 0) is 47.0 Å². The van der Waals surface area contributed by atoms with Gasteiger partial charge in [-0.25, -0.2) is 0 Å². The first-order chi connectivity index (χ1) is 9.09. The van der Waals surface area contributed by atoms with Crippen molar-refractivity contribution in [2.24, 2.45) is 0 Å². The van der Waals surface area contributed by atoms with Crippen LogP contribution in [0.2, 0.25) is 0 Å². The van der Waals surface area contributed by atoms with Gasteiger partial charge < -0.3 is 5.32 Å². The number of benzene rings is 1. The molecule has 0 unspecified atom stereocenters. The molecule has 0 spiro atoms. The largest absolute Gasteiger partial charge is 0.416 e. The fourth-order valence-electron chi connectivity index (χ4n) is 1.51. The number of hydrogen-bond donors (Lipinski definition) is 1. The monoisotopic (exact) mass is 363 g/mol. The molecule has 1 N–H and O–H groups in total. The highest BCUT2D eigenvalue weighted by molar-refractivity contribution is 9.10. The van der Waals surface area contributed by atoms with Crippen LogP contribution in [0.25, 0.3) is 0 Å². The Hall–Kier alpha value is -0.920.